The number of rotatable bonds is 2. The molecule has 0 spiro atoms. The van der Waals surface area contributed by atoms with Crippen LogP contribution in [0.25, 0.3) is 0 Å². The molecule has 0 aromatic rings. The second kappa shape index (κ2) is 3.82. The molecule has 2 aliphatic rings. The third-order valence-corrected chi connectivity index (χ3v) is 4.00. The lowest BCUT2D eigenvalue weighted by atomic mass is 9.78. The summed E-state index contributed by atoms with van der Waals surface area (Å²) in [7, 11) is 0. The second-order valence-corrected chi connectivity index (χ2v) is 5.60. The van der Waals surface area contributed by atoms with Crippen LogP contribution in [0.15, 0.2) is 0 Å². The molecule has 82 valence electrons. The van der Waals surface area contributed by atoms with E-state index in [1.165, 1.54) is 32.4 Å². The predicted molar refractivity (Wildman–Crippen MR) is 60.5 cm³/mol. The SMILES string of the molecule is CCNC1CN2CC2CCCC1(C)C. The summed E-state index contributed by atoms with van der Waals surface area (Å²) in [6.07, 6.45) is 4.23. The zero-order chi connectivity index (χ0) is 10.2. The summed E-state index contributed by atoms with van der Waals surface area (Å²) >= 11 is 0. The number of nitrogens with one attached hydrogen (secondary N) is 1. The van der Waals surface area contributed by atoms with Crippen LogP contribution in [0.2, 0.25) is 0 Å². The van der Waals surface area contributed by atoms with E-state index >= 15 is 0 Å². The van der Waals surface area contributed by atoms with E-state index in [0.717, 1.165) is 12.6 Å². The molecule has 3 atom stereocenters. The molecule has 0 aromatic carbocycles. The molecule has 0 radical (unpaired) electrons. The Morgan fingerprint density at radius 3 is 2.86 bits per heavy atom. The van der Waals surface area contributed by atoms with Crippen molar-refractivity contribution in [2.24, 2.45) is 5.41 Å². The minimum atomic E-state index is 0.476. The van der Waals surface area contributed by atoms with E-state index in [2.05, 4.69) is 31.0 Å². The molecule has 2 fully saturated rings. The van der Waals surface area contributed by atoms with Crippen LogP contribution in [-0.2, 0) is 0 Å². The molecule has 0 aromatic heterocycles. The van der Waals surface area contributed by atoms with Gasteiger partial charge in [0.25, 0.3) is 0 Å². The summed E-state index contributed by atoms with van der Waals surface area (Å²) in [5.74, 6) is 0. The maximum Gasteiger partial charge on any atom is 0.0246 e. The lowest BCUT2D eigenvalue weighted by molar-refractivity contribution is 0.179. The van der Waals surface area contributed by atoms with Crippen molar-refractivity contribution in [3.63, 3.8) is 0 Å². The first-order chi connectivity index (χ1) is 6.63. The van der Waals surface area contributed by atoms with Crippen LogP contribution in [-0.4, -0.2) is 36.6 Å². The summed E-state index contributed by atoms with van der Waals surface area (Å²) < 4.78 is 0. The molecule has 2 heteroatoms. The number of hydrogen-bond donors (Lipinski definition) is 1. The normalized spacial score (nSPS) is 40.9. The van der Waals surface area contributed by atoms with Gasteiger partial charge in [0.2, 0.25) is 0 Å². The van der Waals surface area contributed by atoms with Crippen molar-refractivity contribution in [3.05, 3.63) is 0 Å². The van der Waals surface area contributed by atoms with Crippen LogP contribution < -0.4 is 5.32 Å². The van der Waals surface area contributed by atoms with Crippen LogP contribution in [0.1, 0.15) is 40.0 Å². The summed E-state index contributed by atoms with van der Waals surface area (Å²) in [6.45, 7) is 10.8. The lowest BCUT2D eigenvalue weighted by Gasteiger charge is -2.37. The van der Waals surface area contributed by atoms with E-state index in [9.17, 15) is 0 Å². The average molecular weight is 196 g/mol. The zero-order valence-corrected chi connectivity index (χ0v) is 9.84. The Morgan fingerprint density at radius 2 is 2.14 bits per heavy atom. The summed E-state index contributed by atoms with van der Waals surface area (Å²) in [6, 6.07) is 1.63. The molecule has 2 aliphatic heterocycles. The largest absolute Gasteiger partial charge is 0.312 e. The van der Waals surface area contributed by atoms with Gasteiger partial charge in [-0.25, -0.2) is 0 Å². The number of likely N-dealkylation sites (N-methyl/N-ethyl adjacent to an activating group) is 1. The van der Waals surface area contributed by atoms with Crippen LogP contribution in [0.4, 0.5) is 0 Å². The lowest BCUT2D eigenvalue weighted by Crippen LogP contribution is -2.47. The summed E-state index contributed by atoms with van der Waals surface area (Å²) in [4.78, 5) is 2.63. The molecular weight excluding hydrogens is 172 g/mol. The minimum Gasteiger partial charge on any atom is -0.312 e. The predicted octanol–water partition coefficient (Wildman–Crippen LogP) is 1.86. The van der Waals surface area contributed by atoms with Crippen molar-refractivity contribution in [1.82, 2.24) is 10.2 Å². The van der Waals surface area contributed by atoms with Crippen molar-refractivity contribution in [1.29, 1.82) is 0 Å². The van der Waals surface area contributed by atoms with Gasteiger partial charge in [0, 0.05) is 25.2 Å². The monoisotopic (exact) mass is 196 g/mol. The molecule has 3 unspecified atom stereocenters. The van der Waals surface area contributed by atoms with Crippen LogP contribution in [0.5, 0.6) is 0 Å². The van der Waals surface area contributed by atoms with Crippen LogP contribution in [0.3, 0.4) is 0 Å². The molecule has 0 bridgehead atoms. The highest BCUT2D eigenvalue weighted by atomic mass is 15.3. The van der Waals surface area contributed by atoms with Gasteiger partial charge in [0.15, 0.2) is 0 Å². The van der Waals surface area contributed by atoms with Crippen molar-refractivity contribution < 1.29 is 0 Å². The number of nitrogens with zero attached hydrogens (tertiary/aromatic N) is 1. The minimum absolute atomic E-state index is 0.476. The fraction of sp³-hybridized carbons (Fsp3) is 1.00. The first kappa shape index (κ1) is 10.4. The molecule has 14 heavy (non-hydrogen) atoms. The van der Waals surface area contributed by atoms with Gasteiger partial charge < -0.3 is 5.32 Å². The molecule has 0 aliphatic carbocycles. The van der Waals surface area contributed by atoms with Crippen molar-refractivity contribution >= 4 is 0 Å². The van der Waals surface area contributed by atoms with E-state index in [-0.39, 0.29) is 0 Å². The van der Waals surface area contributed by atoms with Crippen LogP contribution >= 0.6 is 0 Å². The Hall–Kier alpha value is -0.0800. The van der Waals surface area contributed by atoms with E-state index < -0.39 is 0 Å². The van der Waals surface area contributed by atoms with Crippen molar-refractivity contribution in [2.45, 2.75) is 52.1 Å². The molecule has 1 N–H and O–H groups in total. The highest BCUT2D eigenvalue weighted by Crippen LogP contribution is 2.36. The van der Waals surface area contributed by atoms with E-state index in [4.69, 9.17) is 0 Å². The summed E-state index contributed by atoms with van der Waals surface area (Å²) in [5.41, 5.74) is 0.476. The van der Waals surface area contributed by atoms with Gasteiger partial charge in [-0.1, -0.05) is 27.2 Å². The smallest absolute Gasteiger partial charge is 0.0246 e. The highest BCUT2D eigenvalue weighted by molar-refractivity contribution is 4.98. The summed E-state index contributed by atoms with van der Waals surface area (Å²) in [5, 5.41) is 3.66. The highest BCUT2D eigenvalue weighted by Gasteiger charge is 2.41. The maximum absolute atomic E-state index is 3.66. The molecule has 2 rings (SSSR count). The quantitative estimate of drug-likeness (QED) is 0.678. The second-order valence-electron chi connectivity index (χ2n) is 5.60. The van der Waals surface area contributed by atoms with E-state index in [0.29, 0.717) is 11.5 Å². The fourth-order valence-electron chi connectivity index (χ4n) is 2.76. The fourth-order valence-corrected chi connectivity index (χ4v) is 2.76. The van der Waals surface area contributed by atoms with E-state index in [1.807, 2.05) is 0 Å². The Labute approximate surface area is 88.1 Å². The van der Waals surface area contributed by atoms with Gasteiger partial charge in [-0.05, 0) is 24.8 Å². The Balaban J connectivity index is 1.99. The third kappa shape index (κ3) is 2.12. The van der Waals surface area contributed by atoms with Gasteiger partial charge in [-0.3, -0.25) is 4.90 Å². The number of fused-ring (bicyclic) bond motifs is 1. The molecule has 2 nitrogen and oxygen atoms in total. The van der Waals surface area contributed by atoms with Gasteiger partial charge in [-0.15, -0.1) is 0 Å². The zero-order valence-electron chi connectivity index (χ0n) is 9.84. The Bertz CT molecular complexity index is 200. The molecule has 0 saturated carbocycles. The van der Waals surface area contributed by atoms with Crippen molar-refractivity contribution in [3.8, 4) is 0 Å². The molecule has 0 amide bonds. The molecule has 2 saturated heterocycles. The first-order valence-corrected chi connectivity index (χ1v) is 6.11. The Morgan fingerprint density at radius 1 is 1.36 bits per heavy atom. The standard InChI is InChI=1S/C12H24N2/c1-4-13-11-9-14-8-10(14)6-5-7-12(11,2)3/h10-11,13H,4-9H2,1-3H3. The van der Waals surface area contributed by atoms with Gasteiger partial charge in [-0.2, -0.15) is 0 Å². The van der Waals surface area contributed by atoms with Crippen LogP contribution in [0, 0.1) is 5.41 Å². The first-order valence-electron chi connectivity index (χ1n) is 6.11. The average Bonchev–Trinajstić information content (AvgIpc) is 2.80. The molecular formula is C12H24N2. The maximum atomic E-state index is 3.66. The van der Waals surface area contributed by atoms with Gasteiger partial charge in [0.1, 0.15) is 0 Å². The van der Waals surface area contributed by atoms with Gasteiger partial charge >= 0.3 is 0 Å². The number of hydrogen-bond acceptors (Lipinski definition) is 2. The van der Waals surface area contributed by atoms with Gasteiger partial charge in [0.05, 0.1) is 0 Å². The van der Waals surface area contributed by atoms with E-state index in [1.54, 1.807) is 0 Å². The third-order valence-electron chi connectivity index (χ3n) is 4.00. The Kier molecular flexibility index (Phi) is 2.85. The van der Waals surface area contributed by atoms with Crippen molar-refractivity contribution in [2.75, 3.05) is 19.6 Å². The molecule has 2 heterocycles. The topological polar surface area (TPSA) is 15.0 Å².